The van der Waals surface area contributed by atoms with E-state index in [1.54, 1.807) is 0 Å². The van der Waals surface area contributed by atoms with Gasteiger partial charge in [-0.2, -0.15) is 0 Å². The minimum atomic E-state index is 0.898. The molecule has 1 aromatic rings. The SMILES string of the molecule is CCCNCc1cnc(C)[nH]1. The Balaban J connectivity index is 2.27. The summed E-state index contributed by atoms with van der Waals surface area (Å²) in [6.45, 7) is 6.08. The summed E-state index contributed by atoms with van der Waals surface area (Å²) < 4.78 is 0. The Kier molecular flexibility index (Phi) is 3.11. The van der Waals surface area contributed by atoms with E-state index in [-0.39, 0.29) is 0 Å². The molecule has 0 saturated carbocycles. The molecule has 0 aliphatic rings. The summed E-state index contributed by atoms with van der Waals surface area (Å²) in [5.74, 6) is 0.985. The number of aromatic nitrogens is 2. The largest absolute Gasteiger partial charge is 0.345 e. The Morgan fingerprint density at radius 2 is 2.45 bits per heavy atom. The van der Waals surface area contributed by atoms with Gasteiger partial charge in [0.2, 0.25) is 0 Å². The van der Waals surface area contributed by atoms with E-state index in [9.17, 15) is 0 Å². The van der Waals surface area contributed by atoms with Crippen LogP contribution in [0, 0.1) is 6.92 Å². The molecule has 0 bridgehead atoms. The van der Waals surface area contributed by atoms with Crippen LogP contribution >= 0.6 is 0 Å². The minimum Gasteiger partial charge on any atom is -0.345 e. The fraction of sp³-hybridized carbons (Fsp3) is 0.625. The van der Waals surface area contributed by atoms with Crippen molar-refractivity contribution in [1.82, 2.24) is 15.3 Å². The van der Waals surface area contributed by atoms with Gasteiger partial charge in [-0.15, -0.1) is 0 Å². The lowest BCUT2D eigenvalue weighted by molar-refractivity contribution is 0.666. The Bertz CT molecular complexity index is 205. The monoisotopic (exact) mass is 153 g/mol. The molecule has 0 atom stereocenters. The lowest BCUT2D eigenvalue weighted by atomic mass is 10.4. The molecule has 11 heavy (non-hydrogen) atoms. The molecule has 0 saturated heterocycles. The van der Waals surface area contributed by atoms with Crippen LogP contribution in [0.15, 0.2) is 6.20 Å². The van der Waals surface area contributed by atoms with Gasteiger partial charge in [0.25, 0.3) is 0 Å². The van der Waals surface area contributed by atoms with Gasteiger partial charge in [-0.1, -0.05) is 6.92 Å². The smallest absolute Gasteiger partial charge is 0.103 e. The molecular weight excluding hydrogens is 138 g/mol. The van der Waals surface area contributed by atoms with Crippen molar-refractivity contribution in [2.75, 3.05) is 6.54 Å². The second kappa shape index (κ2) is 4.13. The van der Waals surface area contributed by atoms with Crippen molar-refractivity contribution in [3.8, 4) is 0 Å². The zero-order valence-electron chi connectivity index (χ0n) is 7.15. The van der Waals surface area contributed by atoms with Gasteiger partial charge in [0.05, 0.1) is 0 Å². The maximum atomic E-state index is 4.10. The van der Waals surface area contributed by atoms with Crippen molar-refractivity contribution in [3.05, 3.63) is 17.7 Å². The zero-order valence-corrected chi connectivity index (χ0v) is 7.15. The first-order valence-electron chi connectivity index (χ1n) is 4.04. The number of H-pyrrole nitrogens is 1. The van der Waals surface area contributed by atoms with Crippen molar-refractivity contribution < 1.29 is 0 Å². The van der Waals surface area contributed by atoms with Gasteiger partial charge >= 0.3 is 0 Å². The number of aromatic amines is 1. The Morgan fingerprint density at radius 1 is 1.64 bits per heavy atom. The molecule has 0 aromatic carbocycles. The van der Waals surface area contributed by atoms with E-state index in [1.807, 2.05) is 13.1 Å². The lowest BCUT2D eigenvalue weighted by Gasteiger charge is -1.98. The highest BCUT2D eigenvalue weighted by Crippen LogP contribution is 1.93. The average molecular weight is 153 g/mol. The first-order valence-corrected chi connectivity index (χ1v) is 4.04. The molecule has 1 heterocycles. The topological polar surface area (TPSA) is 40.7 Å². The zero-order chi connectivity index (χ0) is 8.10. The highest BCUT2D eigenvalue weighted by atomic mass is 14.9. The van der Waals surface area contributed by atoms with Crippen LogP contribution in [0.25, 0.3) is 0 Å². The number of imidazole rings is 1. The van der Waals surface area contributed by atoms with E-state index < -0.39 is 0 Å². The van der Waals surface area contributed by atoms with Crippen LogP contribution in [-0.2, 0) is 6.54 Å². The van der Waals surface area contributed by atoms with Crippen molar-refractivity contribution in [2.24, 2.45) is 0 Å². The van der Waals surface area contributed by atoms with Gasteiger partial charge in [0.1, 0.15) is 5.82 Å². The van der Waals surface area contributed by atoms with Gasteiger partial charge in [0, 0.05) is 18.4 Å². The molecule has 1 aromatic heterocycles. The summed E-state index contributed by atoms with van der Waals surface area (Å²) in [5.41, 5.74) is 1.16. The van der Waals surface area contributed by atoms with Crippen LogP contribution in [-0.4, -0.2) is 16.5 Å². The number of nitrogens with one attached hydrogen (secondary N) is 2. The third-order valence-corrected chi connectivity index (χ3v) is 1.50. The highest BCUT2D eigenvalue weighted by Gasteiger charge is 1.93. The fourth-order valence-electron chi connectivity index (χ4n) is 0.961. The van der Waals surface area contributed by atoms with E-state index in [2.05, 4.69) is 22.2 Å². The van der Waals surface area contributed by atoms with Crippen molar-refractivity contribution in [2.45, 2.75) is 26.8 Å². The number of aryl methyl sites for hydroxylation is 1. The average Bonchev–Trinajstić information content (AvgIpc) is 2.37. The molecule has 0 aliphatic carbocycles. The summed E-state index contributed by atoms with van der Waals surface area (Å²) in [4.78, 5) is 7.26. The second-order valence-corrected chi connectivity index (χ2v) is 2.67. The van der Waals surface area contributed by atoms with E-state index in [1.165, 1.54) is 6.42 Å². The van der Waals surface area contributed by atoms with Crippen LogP contribution in [0.3, 0.4) is 0 Å². The normalized spacial score (nSPS) is 10.4. The number of hydrogen-bond acceptors (Lipinski definition) is 2. The molecule has 62 valence electrons. The molecule has 3 heteroatoms. The Hall–Kier alpha value is -0.830. The molecule has 0 fully saturated rings. The fourth-order valence-corrected chi connectivity index (χ4v) is 0.961. The highest BCUT2D eigenvalue weighted by molar-refractivity contribution is 4.98. The van der Waals surface area contributed by atoms with Gasteiger partial charge in [-0.05, 0) is 19.9 Å². The van der Waals surface area contributed by atoms with Crippen LogP contribution in [0.4, 0.5) is 0 Å². The number of hydrogen-bond donors (Lipinski definition) is 2. The molecule has 0 unspecified atom stereocenters. The predicted molar refractivity (Wildman–Crippen MR) is 45.3 cm³/mol. The van der Waals surface area contributed by atoms with Crippen LogP contribution < -0.4 is 5.32 Å². The van der Waals surface area contributed by atoms with Gasteiger partial charge in [0.15, 0.2) is 0 Å². The first-order chi connectivity index (χ1) is 5.33. The number of rotatable bonds is 4. The molecule has 0 spiro atoms. The maximum absolute atomic E-state index is 4.10. The van der Waals surface area contributed by atoms with E-state index in [4.69, 9.17) is 0 Å². The lowest BCUT2D eigenvalue weighted by Crippen LogP contribution is -2.13. The molecular formula is C8H15N3. The van der Waals surface area contributed by atoms with E-state index in [0.29, 0.717) is 0 Å². The molecule has 0 amide bonds. The van der Waals surface area contributed by atoms with Crippen LogP contribution in [0.2, 0.25) is 0 Å². The van der Waals surface area contributed by atoms with Crippen molar-refractivity contribution >= 4 is 0 Å². The van der Waals surface area contributed by atoms with Crippen molar-refractivity contribution in [1.29, 1.82) is 0 Å². The Labute approximate surface area is 67.2 Å². The van der Waals surface area contributed by atoms with Gasteiger partial charge in [-0.25, -0.2) is 4.98 Å². The predicted octanol–water partition coefficient (Wildman–Crippen LogP) is 1.22. The summed E-state index contributed by atoms with van der Waals surface area (Å²) >= 11 is 0. The summed E-state index contributed by atoms with van der Waals surface area (Å²) in [6.07, 6.45) is 3.05. The van der Waals surface area contributed by atoms with E-state index in [0.717, 1.165) is 24.6 Å². The standard InChI is InChI=1S/C8H15N3/c1-3-4-9-5-8-6-10-7(2)11-8/h6,9H,3-5H2,1-2H3,(H,10,11). The summed E-state index contributed by atoms with van der Waals surface area (Å²) in [7, 11) is 0. The van der Waals surface area contributed by atoms with Crippen LogP contribution in [0.5, 0.6) is 0 Å². The van der Waals surface area contributed by atoms with Gasteiger partial charge < -0.3 is 10.3 Å². The minimum absolute atomic E-state index is 0.898. The third kappa shape index (κ3) is 2.72. The molecule has 0 aliphatic heterocycles. The molecule has 1 rings (SSSR count). The second-order valence-electron chi connectivity index (χ2n) is 2.67. The maximum Gasteiger partial charge on any atom is 0.103 e. The van der Waals surface area contributed by atoms with E-state index >= 15 is 0 Å². The molecule has 2 N–H and O–H groups in total. The summed E-state index contributed by atoms with van der Waals surface area (Å²) in [6, 6.07) is 0. The van der Waals surface area contributed by atoms with Crippen molar-refractivity contribution in [3.63, 3.8) is 0 Å². The number of nitrogens with zero attached hydrogens (tertiary/aromatic N) is 1. The molecule has 0 radical (unpaired) electrons. The Morgan fingerprint density at radius 3 is 3.00 bits per heavy atom. The summed E-state index contributed by atoms with van der Waals surface area (Å²) in [5, 5.41) is 3.29. The first kappa shape index (κ1) is 8.27. The quantitative estimate of drug-likeness (QED) is 0.638. The molecule has 3 nitrogen and oxygen atoms in total. The van der Waals surface area contributed by atoms with Gasteiger partial charge in [-0.3, -0.25) is 0 Å². The van der Waals surface area contributed by atoms with Crippen LogP contribution in [0.1, 0.15) is 24.9 Å². The third-order valence-electron chi connectivity index (χ3n) is 1.50.